The zero-order valence-corrected chi connectivity index (χ0v) is 9.90. The Morgan fingerprint density at radius 3 is 2.53 bits per heavy atom. The van der Waals surface area contributed by atoms with Crippen LogP contribution >= 0.6 is 35.0 Å². The number of halogens is 2. The first kappa shape index (κ1) is 10.8. The number of benzene rings is 1. The van der Waals surface area contributed by atoms with Crippen LogP contribution in [0.15, 0.2) is 29.2 Å². The quantitative estimate of drug-likeness (QED) is 0.860. The third-order valence-electron chi connectivity index (χ3n) is 1.69. The van der Waals surface area contributed by atoms with Crippen molar-refractivity contribution < 1.29 is 0 Å². The Morgan fingerprint density at radius 1 is 1.20 bits per heavy atom. The van der Waals surface area contributed by atoms with E-state index in [1.165, 1.54) is 0 Å². The van der Waals surface area contributed by atoms with E-state index in [9.17, 15) is 0 Å². The van der Waals surface area contributed by atoms with Crippen molar-refractivity contribution in [1.82, 2.24) is 15.2 Å². The van der Waals surface area contributed by atoms with E-state index in [2.05, 4.69) is 15.2 Å². The summed E-state index contributed by atoms with van der Waals surface area (Å²) in [4.78, 5) is 5.13. The third kappa shape index (κ3) is 3.12. The molecule has 0 amide bonds. The van der Waals surface area contributed by atoms with Crippen LogP contribution in [-0.4, -0.2) is 15.2 Å². The molecular formula is C9H7Cl2N3S. The fraction of sp³-hybridized carbons (Fsp3) is 0.111. The molecule has 0 bridgehead atoms. The van der Waals surface area contributed by atoms with E-state index in [0.29, 0.717) is 5.75 Å². The molecule has 0 saturated carbocycles. The van der Waals surface area contributed by atoms with Gasteiger partial charge in [0.1, 0.15) is 5.82 Å². The molecule has 1 aromatic carbocycles. The minimum atomic E-state index is 0.252. The highest BCUT2D eigenvalue weighted by Gasteiger charge is 2.01. The topological polar surface area (TPSA) is 41.6 Å². The smallest absolute Gasteiger partial charge is 0.242 e. The number of aromatic amines is 1. The Balaban J connectivity index is 1.96. The molecule has 0 spiro atoms. The van der Waals surface area contributed by atoms with Crippen LogP contribution in [0.1, 0.15) is 5.82 Å². The molecule has 2 rings (SSSR count). The molecule has 15 heavy (non-hydrogen) atoms. The normalized spacial score (nSPS) is 10.5. The van der Waals surface area contributed by atoms with Crippen molar-refractivity contribution in [1.29, 1.82) is 0 Å². The van der Waals surface area contributed by atoms with Gasteiger partial charge in [-0.2, -0.15) is 0 Å². The second kappa shape index (κ2) is 4.88. The molecule has 1 N–H and O–H groups in total. The van der Waals surface area contributed by atoms with Gasteiger partial charge in [0.15, 0.2) is 0 Å². The van der Waals surface area contributed by atoms with Gasteiger partial charge in [0.25, 0.3) is 0 Å². The number of aromatic nitrogens is 3. The minimum Gasteiger partial charge on any atom is -0.261 e. The molecular weight excluding hydrogens is 253 g/mol. The molecule has 0 aliphatic rings. The highest BCUT2D eigenvalue weighted by atomic mass is 35.5. The molecule has 0 unspecified atom stereocenters. The number of hydrogen-bond acceptors (Lipinski definition) is 3. The Bertz CT molecular complexity index is 441. The second-order valence-corrected chi connectivity index (χ2v) is 4.62. The molecule has 0 atom stereocenters. The predicted octanol–water partition coefficient (Wildman–Crippen LogP) is 3.40. The number of rotatable bonds is 3. The van der Waals surface area contributed by atoms with Gasteiger partial charge in [0.05, 0.1) is 5.75 Å². The maximum Gasteiger partial charge on any atom is 0.242 e. The number of H-pyrrole nitrogens is 1. The van der Waals surface area contributed by atoms with E-state index in [1.807, 2.05) is 24.3 Å². The molecule has 1 heterocycles. The van der Waals surface area contributed by atoms with Crippen LogP contribution in [0.4, 0.5) is 0 Å². The van der Waals surface area contributed by atoms with Crippen molar-refractivity contribution in [2.24, 2.45) is 0 Å². The third-order valence-corrected chi connectivity index (χ3v) is 3.14. The standard InChI is InChI=1S/C9H7Cl2N3S/c10-6-1-3-7(4-2-6)15-5-8-12-9(11)14-13-8/h1-4H,5H2,(H,12,13,14). The van der Waals surface area contributed by atoms with Crippen molar-refractivity contribution in [3.8, 4) is 0 Å². The highest BCUT2D eigenvalue weighted by Crippen LogP contribution is 2.23. The van der Waals surface area contributed by atoms with E-state index < -0.39 is 0 Å². The average Bonchev–Trinajstić information content (AvgIpc) is 2.64. The van der Waals surface area contributed by atoms with E-state index in [0.717, 1.165) is 15.7 Å². The van der Waals surface area contributed by atoms with Crippen LogP contribution in [0, 0.1) is 0 Å². The van der Waals surface area contributed by atoms with Crippen molar-refractivity contribution in [3.63, 3.8) is 0 Å². The van der Waals surface area contributed by atoms with Crippen LogP contribution < -0.4 is 0 Å². The lowest BCUT2D eigenvalue weighted by Crippen LogP contribution is -1.83. The molecule has 0 aliphatic heterocycles. The Morgan fingerprint density at radius 2 is 1.93 bits per heavy atom. The lowest BCUT2D eigenvalue weighted by atomic mass is 10.4. The van der Waals surface area contributed by atoms with Gasteiger partial charge in [-0.3, -0.25) is 5.10 Å². The van der Waals surface area contributed by atoms with Crippen molar-refractivity contribution in [2.75, 3.05) is 0 Å². The molecule has 6 heteroatoms. The average molecular weight is 260 g/mol. The molecule has 0 saturated heterocycles. The lowest BCUT2D eigenvalue weighted by molar-refractivity contribution is 1.02. The second-order valence-electron chi connectivity index (χ2n) is 2.79. The SMILES string of the molecule is Clc1ccc(SCc2nc(Cl)n[nH]2)cc1. The largest absolute Gasteiger partial charge is 0.261 e. The molecule has 3 nitrogen and oxygen atoms in total. The van der Waals surface area contributed by atoms with Crippen molar-refractivity contribution in [3.05, 3.63) is 40.4 Å². The van der Waals surface area contributed by atoms with Crippen LogP contribution in [0.25, 0.3) is 0 Å². The summed E-state index contributed by atoms with van der Waals surface area (Å²) in [6, 6.07) is 7.64. The summed E-state index contributed by atoms with van der Waals surface area (Å²) in [6.45, 7) is 0. The summed E-state index contributed by atoms with van der Waals surface area (Å²) < 4.78 is 0. The van der Waals surface area contributed by atoms with Crippen LogP contribution in [0.3, 0.4) is 0 Å². The molecule has 1 aromatic heterocycles. The summed E-state index contributed by atoms with van der Waals surface area (Å²) in [5.74, 6) is 1.47. The van der Waals surface area contributed by atoms with E-state index >= 15 is 0 Å². The summed E-state index contributed by atoms with van der Waals surface area (Å²) in [6.07, 6.45) is 0. The molecule has 0 radical (unpaired) electrons. The number of nitrogens with one attached hydrogen (secondary N) is 1. The molecule has 0 fully saturated rings. The summed E-state index contributed by atoms with van der Waals surface area (Å²) in [5, 5.41) is 7.47. The molecule has 0 aliphatic carbocycles. The van der Waals surface area contributed by atoms with Gasteiger partial charge in [0, 0.05) is 9.92 Å². The van der Waals surface area contributed by atoms with Gasteiger partial charge < -0.3 is 0 Å². The number of nitrogens with zero attached hydrogens (tertiary/aromatic N) is 2. The van der Waals surface area contributed by atoms with Gasteiger partial charge >= 0.3 is 0 Å². The van der Waals surface area contributed by atoms with Gasteiger partial charge in [-0.05, 0) is 35.9 Å². The Hall–Kier alpha value is -0.710. The fourth-order valence-electron chi connectivity index (χ4n) is 1.02. The molecule has 78 valence electrons. The van der Waals surface area contributed by atoms with E-state index in [1.54, 1.807) is 11.8 Å². The number of thioether (sulfide) groups is 1. The summed E-state index contributed by atoms with van der Waals surface area (Å²) in [5.41, 5.74) is 0. The van der Waals surface area contributed by atoms with Crippen molar-refractivity contribution in [2.45, 2.75) is 10.6 Å². The first-order valence-electron chi connectivity index (χ1n) is 4.19. The molecule has 2 aromatic rings. The van der Waals surface area contributed by atoms with Crippen molar-refractivity contribution >= 4 is 35.0 Å². The van der Waals surface area contributed by atoms with Crippen LogP contribution in [0.2, 0.25) is 10.3 Å². The van der Waals surface area contributed by atoms with Gasteiger partial charge in [-0.1, -0.05) is 11.6 Å². The monoisotopic (exact) mass is 259 g/mol. The maximum atomic E-state index is 5.78. The zero-order valence-electron chi connectivity index (χ0n) is 7.58. The maximum absolute atomic E-state index is 5.78. The predicted molar refractivity (Wildman–Crippen MR) is 62.4 cm³/mol. The first-order valence-corrected chi connectivity index (χ1v) is 5.93. The van der Waals surface area contributed by atoms with Gasteiger partial charge in [-0.25, -0.2) is 4.98 Å². The van der Waals surface area contributed by atoms with Gasteiger partial charge in [0.2, 0.25) is 5.28 Å². The van der Waals surface area contributed by atoms with Gasteiger partial charge in [-0.15, -0.1) is 16.9 Å². The fourth-order valence-corrected chi connectivity index (χ4v) is 2.05. The Kier molecular flexibility index (Phi) is 3.51. The first-order chi connectivity index (χ1) is 7.24. The minimum absolute atomic E-state index is 0.252. The van der Waals surface area contributed by atoms with E-state index in [4.69, 9.17) is 23.2 Å². The highest BCUT2D eigenvalue weighted by molar-refractivity contribution is 7.98. The number of hydrogen-bond donors (Lipinski definition) is 1. The van der Waals surface area contributed by atoms with Crippen LogP contribution in [-0.2, 0) is 5.75 Å². The van der Waals surface area contributed by atoms with Crippen LogP contribution in [0.5, 0.6) is 0 Å². The van der Waals surface area contributed by atoms with E-state index in [-0.39, 0.29) is 5.28 Å². The summed E-state index contributed by atoms with van der Waals surface area (Å²) in [7, 11) is 0. The Labute approximate surface area is 101 Å². The summed E-state index contributed by atoms with van der Waals surface area (Å²) >= 11 is 13.0. The zero-order chi connectivity index (χ0) is 10.7. The lowest BCUT2D eigenvalue weighted by Gasteiger charge is -1.98.